The van der Waals surface area contributed by atoms with E-state index in [-0.39, 0.29) is 23.2 Å². The molecule has 33 heavy (non-hydrogen) atoms. The summed E-state index contributed by atoms with van der Waals surface area (Å²) in [6.45, 7) is 2.49. The van der Waals surface area contributed by atoms with E-state index in [0.29, 0.717) is 29.1 Å². The largest absolute Gasteiger partial charge is 0.494 e. The number of H-pyrrole nitrogens is 2. The quantitative estimate of drug-likeness (QED) is 0.425. The molecule has 5 rings (SSSR count). The predicted octanol–water partition coefficient (Wildman–Crippen LogP) is 4.22. The number of halogens is 1. The number of nitrogens with zero attached hydrogens (tertiary/aromatic N) is 3. The van der Waals surface area contributed by atoms with E-state index in [1.165, 1.54) is 12.1 Å². The molecule has 4 N–H and O–H groups in total. The Labute approximate surface area is 188 Å². The van der Waals surface area contributed by atoms with Crippen molar-refractivity contribution in [3.63, 3.8) is 0 Å². The van der Waals surface area contributed by atoms with Crippen LogP contribution in [0.15, 0.2) is 66.2 Å². The van der Waals surface area contributed by atoms with Gasteiger partial charge in [0.25, 0.3) is 0 Å². The highest BCUT2D eigenvalue weighted by atomic mass is 19.1. The summed E-state index contributed by atoms with van der Waals surface area (Å²) < 4.78 is 24.7. The zero-order chi connectivity index (χ0) is 22.9. The monoisotopic (exact) mass is 442 g/mol. The molecule has 4 aromatic rings. The summed E-state index contributed by atoms with van der Waals surface area (Å²) in [5.41, 5.74) is 10.6. The molecule has 0 spiro atoms. The first-order chi connectivity index (χ1) is 16.1. The standard InChI is InChI=1S/C24H19FN6O2/c1-2-32-16-9-5-14(6-10-16)22-20-19(17(11-26)23(27)33-24(20)31-30-22)18-12-28-29-21(18)13-3-7-15(25)8-4-13/h3-10,12,19H,2,27H2,1H3,(H,28,29)(H,30,31). The summed E-state index contributed by atoms with van der Waals surface area (Å²) in [5.74, 6) is 0.0656. The predicted molar refractivity (Wildman–Crippen MR) is 118 cm³/mol. The molecule has 3 heterocycles. The second-order valence-corrected chi connectivity index (χ2v) is 7.41. The summed E-state index contributed by atoms with van der Waals surface area (Å²) in [6.07, 6.45) is 1.64. The zero-order valence-corrected chi connectivity index (χ0v) is 17.6. The van der Waals surface area contributed by atoms with Gasteiger partial charge in [-0.2, -0.15) is 10.4 Å². The molecule has 9 heteroatoms. The van der Waals surface area contributed by atoms with Crippen LogP contribution in [-0.2, 0) is 0 Å². The number of nitrogens with two attached hydrogens (primary N) is 1. The molecule has 2 aromatic carbocycles. The molecule has 2 aromatic heterocycles. The molecule has 1 aliphatic rings. The van der Waals surface area contributed by atoms with Crippen LogP contribution in [0.1, 0.15) is 24.0 Å². The van der Waals surface area contributed by atoms with Crippen molar-refractivity contribution in [1.82, 2.24) is 20.4 Å². The Bertz CT molecular complexity index is 1380. The van der Waals surface area contributed by atoms with Gasteiger partial charge in [0.2, 0.25) is 11.8 Å². The highest BCUT2D eigenvalue weighted by Gasteiger charge is 2.37. The summed E-state index contributed by atoms with van der Waals surface area (Å²) in [5, 5.41) is 24.4. The minimum atomic E-state index is -0.599. The molecule has 164 valence electrons. The summed E-state index contributed by atoms with van der Waals surface area (Å²) in [6, 6.07) is 15.7. The van der Waals surface area contributed by atoms with Crippen molar-refractivity contribution in [2.24, 2.45) is 5.73 Å². The molecule has 0 radical (unpaired) electrons. The van der Waals surface area contributed by atoms with Gasteiger partial charge in [0, 0.05) is 16.7 Å². The maximum absolute atomic E-state index is 13.5. The lowest BCUT2D eigenvalue weighted by Crippen LogP contribution is -2.21. The van der Waals surface area contributed by atoms with Gasteiger partial charge in [-0.1, -0.05) is 0 Å². The van der Waals surface area contributed by atoms with Crippen LogP contribution in [-0.4, -0.2) is 27.0 Å². The fourth-order valence-electron chi connectivity index (χ4n) is 4.02. The molecule has 0 fully saturated rings. The molecule has 1 atom stereocenters. The molecule has 1 unspecified atom stereocenters. The number of benzene rings is 2. The average Bonchev–Trinajstić information content (AvgIpc) is 3.47. The van der Waals surface area contributed by atoms with Crippen molar-refractivity contribution < 1.29 is 13.9 Å². The number of fused-ring (bicyclic) bond motifs is 1. The Morgan fingerprint density at radius 2 is 1.79 bits per heavy atom. The number of allylic oxidation sites excluding steroid dienone is 1. The van der Waals surface area contributed by atoms with Gasteiger partial charge >= 0.3 is 0 Å². The van der Waals surface area contributed by atoms with Gasteiger partial charge in [0.05, 0.1) is 35.7 Å². The van der Waals surface area contributed by atoms with Crippen molar-refractivity contribution in [3.05, 3.63) is 83.1 Å². The van der Waals surface area contributed by atoms with Gasteiger partial charge in [-0.3, -0.25) is 10.2 Å². The highest BCUT2D eigenvalue weighted by molar-refractivity contribution is 5.74. The number of rotatable bonds is 5. The smallest absolute Gasteiger partial charge is 0.244 e. The molecular weight excluding hydrogens is 423 g/mol. The lowest BCUT2D eigenvalue weighted by molar-refractivity contribution is 0.340. The van der Waals surface area contributed by atoms with Crippen LogP contribution < -0.4 is 15.2 Å². The zero-order valence-electron chi connectivity index (χ0n) is 17.6. The molecule has 0 saturated carbocycles. The number of hydrogen-bond donors (Lipinski definition) is 3. The Kier molecular flexibility index (Phi) is 5.03. The molecular formula is C24H19FN6O2. The van der Waals surface area contributed by atoms with Crippen LogP contribution in [0.2, 0.25) is 0 Å². The average molecular weight is 442 g/mol. The molecule has 0 saturated heterocycles. The topological polar surface area (TPSA) is 126 Å². The Morgan fingerprint density at radius 1 is 1.09 bits per heavy atom. The minimum Gasteiger partial charge on any atom is -0.494 e. The van der Waals surface area contributed by atoms with Crippen LogP contribution >= 0.6 is 0 Å². The SMILES string of the molecule is CCOc1ccc(-c2[nH]nc3c2C(c2cn[nH]c2-c2ccc(F)cc2)C(C#N)=C(N)O3)cc1. The van der Waals surface area contributed by atoms with E-state index in [0.717, 1.165) is 16.9 Å². The van der Waals surface area contributed by atoms with Crippen molar-refractivity contribution in [1.29, 1.82) is 5.26 Å². The number of aromatic nitrogens is 4. The second-order valence-electron chi connectivity index (χ2n) is 7.41. The molecule has 1 aliphatic heterocycles. The van der Waals surface area contributed by atoms with Crippen molar-refractivity contribution >= 4 is 0 Å². The summed E-state index contributed by atoms with van der Waals surface area (Å²) in [4.78, 5) is 0. The van der Waals surface area contributed by atoms with Gasteiger partial charge < -0.3 is 15.2 Å². The Hall–Kier alpha value is -4.58. The third-order valence-corrected chi connectivity index (χ3v) is 5.51. The van der Waals surface area contributed by atoms with E-state index in [1.54, 1.807) is 18.3 Å². The third kappa shape index (κ3) is 3.47. The number of ether oxygens (including phenoxy) is 2. The van der Waals surface area contributed by atoms with Gasteiger partial charge in [-0.05, 0) is 55.5 Å². The van der Waals surface area contributed by atoms with Crippen LogP contribution in [0.4, 0.5) is 4.39 Å². The number of aromatic amines is 2. The molecule has 0 aliphatic carbocycles. The van der Waals surface area contributed by atoms with Crippen LogP contribution in [0.3, 0.4) is 0 Å². The molecule has 8 nitrogen and oxygen atoms in total. The molecule has 0 bridgehead atoms. The highest BCUT2D eigenvalue weighted by Crippen LogP contribution is 2.47. The van der Waals surface area contributed by atoms with Crippen molar-refractivity contribution in [2.45, 2.75) is 12.8 Å². The van der Waals surface area contributed by atoms with Gasteiger partial charge in [0.1, 0.15) is 23.2 Å². The Morgan fingerprint density at radius 3 is 2.48 bits per heavy atom. The first-order valence-electron chi connectivity index (χ1n) is 10.3. The van der Waals surface area contributed by atoms with Crippen molar-refractivity contribution in [3.8, 4) is 40.2 Å². The molecule has 0 amide bonds. The van der Waals surface area contributed by atoms with E-state index in [9.17, 15) is 9.65 Å². The minimum absolute atomic E-state index is 0.0222. The lowest BCUT2D eigenvalue weighted by atomic mass is 9.82. The first kappa shape index (κ1) is 20.3. The first-order valence-corrected chi connectivity index (χ1v) is 10.3. The van der Waals surface area contributed by atoms with E-state index >= 15 is 0 Å². The van der Waals surface area contributed by atoms with Crippen molar-refractivity contribution in [2.75, 3.05) is 6.61 Å². The fraction of sp³-hybridized carbons (Fsp3) is 0.125. The fourth-order valence-corrected chi connectivity index (χ4v) is 4.02. The van der Waals surface area contributed by atoms with Gasteiger partial charge in [-0.15, -0.1) is 5.10 Å². The van der Waals surface area contributed by atoms with E-state index in [1.807, 2.05) is 31.2 Å². The van der Waals surface area contributed by atoms with Gasteiger partial charge in [0.15, 0.2) is 0 Å². The number of hydrogen-bond acceptors (Lipinski definition) is 6. The van der Waals surface area contributed by atoms with Crippen LogP contribution in [0, 0.1) is 17.1 Å². The third-order valence-electron chi connectivity index (χ3n) is 5.51. The summed E-state index contributed by atoms with van der Waals surface area (Å²) in [7, 11) is 0. The van der Waals surface area contributed by atoms with Crippen LogP contribution in [0.25, 0.3) is 22.5 Å². The van der Waals surface area contributed by atoms with E-state index < -0.39 is 5.92 Å². The number of nitrogens with one attached hydrogen (secondary N) is 2. The van der Waals surface area contributed by atoms with Crippen LogP contribution in [0.5, 0.6) is 11.6 Å². The number of nitriles is 1. The second kappa shape index (κ2) is 8.16. The Balaban J connectivity index is 1.67. The maximum Gasteiger partial charge on any atom is 0.244 e. The lowest BCUT2D eigenvalue weighted by Gasteiger charge is -2.24. The van der Waals surface area contributed by atoms with Gasteiger partial charge in [-0.25, -0.2) is 4.39 Å². The normalized spacial score (nSPS) is 15.0. The maximum atomic E-state index is 13.5. The van der Waals surface area contributed by atoms with E-state index in [4.69, 9.17) is 15.2 Å². The summed E-state index contributed by atoms with van der Waals surface area (Å²) >= 11 is 0. The van der Waals surface area contributed by atoms with E-state index in [2.05, 4.69) is 26.5 Å².